The van der Waals surface area contributed by atoms with Crippen molar-refractivity contribution in [3.63, 3.8) is 0 Å². The monoisotopic (exact) mass is 396 g/mol. The van der Waals surface area contributed by atoms with Gasteiger partial charge >= 0.3 is 0 Å². The molecule has 7 heteroatoms. The Bertz CT molecular complexity index is 1410. The van der Waals surface area contributed by atoms with Crippen LogP contribution in [0.15, 0.2) is 66.9 Å². The molecule has 0 spiro atoms. The van der Waals surface area contributed by atoms with Gasteiger partial charge in [0.25, 0.3) is 0 Å². The van der Waals surface area contributed by atoms with Crippen LogP contribution in [0.3, 0.4) is 0 Å². The highest BCUT2D eigenvalue weighted by Crippen LogP contribution is 2.37. The number of benzene rings is 2. The maximum Gasteiger partial charge on any atom is 0.231 e. The summed E-state index contributed by atoms with van der Waals surface area (Å²) in [6.07, 6.45) is 1.78. The molecule has 1 aliphatic heterocycles. The third-order valence-corrected chi connectivity index (χ3v) is 5.26. The van der Waals surface area contributed by atoms with E-state index in [1.54, 1.807) is 13.3 Å². The van der Waals surface area contributed by atoms with Crippen molar-refractivity contribution >= 4 is 16.7 Å². The summed E-state index contributed by atoms with van der Waals surface area (Å²) in [7, 11) is 1.66. The van der Waals surface area contributed by atoms with Gasteiger partial charge < -0.3 is 14.2 Å². The number of ether oxygens (including phenoxy) is 3. The lowest BCUT2D eigenvalue weighted by molar-refractivity contribution is 0.174. The molecule has 5 aromatic rings. The molecule has 0 unspecified atom stereocenters. The van der Waals surface area contributed by atoms with E-state index < -0.39 is 0 Å². The van der Waals surface area contributed by atoms with Crippen LogP contribution in [0.2, 0.25) is 0 Å². The van der Waals surface area contributed by atoms with Gasteiger partial charge in [0.1, 0.15) is 11.4 Å². The van der Waals surface area contributed by atoms with E-state index in [0.717, 1.165) is 44.9 Å². The molecule has 0 atom stereocenters. The van der Waals surface area contributed by atoms with Gasteiger partial charge in [-0.15, -0.1) is 10.2 Å². The molecule has 0 saturated carbocycles. The summed E-state index contributed by atoms with van der Waals surface area (Å²) in [4.78, 5) is 4.61. The number of fused-ring (bicyclic) bond motifs is 4. The number of pyridine rings is 2. The molecule has 1 aliphatic rings. The lowest BCUT2D eigenvalue weighted by atomic mass is 10.0. The molecular weight excluding hydrogens is 380 g/mol. The van der Waals surface area contributed by atoms with E-state index >= 15 is 0 Å². The average Bonchev–Trinajstić information content (AvgIpc) is 3.45. The lowest BCUT2D eigenvalue weighted by Gasteiger charge is -2.10. The Labute approximate surface area is 171 Å². The fourth-order valence-electron chi connectivity index (χ4n) is 3.79. The third-order valence-electron chi connectivity index (χ3n) is 5.26. The van der Waals surface area contributed by atoms with Crippen molar-refractivity contribution in [2.45, 2.75) is 0 Å². The van der Waals surface area contributed by atoms with E-state index in [9.17, 15) is 0 Å². The van der Waals surface area contributed by atoms with Crippen LogP contribution in [0.1, 0.15) is 0 Å². The van der Waals surface area contributed by atoms with Crippen LogP contribution in [0.25, 0.3) is 39.2 Å². The van der Waals surface area contributed by atoms with Crippen LogP contribution in [0, 0.1) is 0 Å². The van der Waals surface area contributed by atoms with Crippen LogP contribution in [-0.2, 0) is 0 Å². The zero-order chi connectivity index (χ0) is 20.1. The summed E-state index contributed by atoms with van der Waals surface area (Å²) in [6, 6.07) is 19.7. The van der Waals surface area contributed by atoms with Gasteiger partial charge in [-0.2, -0.15) is 0 Å². The first kappa shape index (κ1) is 16.8. The molecule has 0 fully saturated rings. The molecule has 0 aliphatic carbocycles. The average molecular weight is 396 g/mol. The van der Waals surface area contributed by atoms with Gasteiger partial charge in [0.15, 0.2) is 23.0 Å². The van der Waals surface area contributed by atoms with Crippen molar-refractivity contribution in [2.24, 2.45) is 0 Å². The smallest absolute Gasteiger partial charge is 0.231 e. The molecule has 3 aromatic heterocycles. The fourth-order valence-corrected chi connectivity index (χ4v) is 3.79. The number of hydrogen-bond donors (Lipinski definition) is 0. The molecule has 7 nitrogen and oxygen atoms in total. The highest BCUT2D eigenvalue weighted by molar-refractivity contribution is 5.91. The zero-order valence-corrected chi connectivity index (χ0v) is 16.1. The number of aromatic nitrogens is 4. The Balaban J connectivity index is 1.63. The highest BCUT2D eigenvalue weighted by atomic mass is 16.7. The maximum absolute atomic E-state index is 5.54. The molecule has 0 N–H and O–H groups in total. The van der Waals surface area contributed by atoms with Crippen LogP contribution in [-0.4, -0.2) is 33.5 Å². The number of nitrogens with zero attached hydrogens (tertiary/aromatic N) is 4. The largest absolute Gasteiger partial charge is 0.497 e. The Morgan fingerprint density at radius 1 is 0.867 bits per heavy atom. The summed E-state index contributed by atoms with van der Waals surface area (Å²) in [6.45, 7) is 0.228. The SMILES string of the molecule is COc1ccc(-c2cc3cccnc3n3c(-c4ccc5c(c4)OCO5)nnc23)cc1. The molecule has 6 rings (SSSR count). The highest BCUT2D eigenvalue weighted by Gasteiger charge is 2.20. The van der Waals surface area contributed by atoms with E-state index in [4.69, 9.17) is 14.2 Å². The van der Waals surface area contributed by atoms with E-state index in [1.807, 2.05) is 59.0 Å². The summed E-state index contributed by atoms with van der Waals surface area (Å²) in [5.74, 6) is 2.93. The van der Waals surface area contributed by atoms with E-state index in [1.165, 1.54) is 0 Å². The van der Waals surface area contributed by atoms with Gasteiger partial charge in [0.05, 0.1) is 7.11 Å². The van der Waals surface area contributed by atoms with Crippen molar-refractivity contribution in [1.29, 1.82) is 0 Å². The van der Waals surface area contributed by atoms with Crippen molar-refractivity contribution in [1.82, 2.24) is 19.6 Å². The zero-order valence-electron chi connectivity index (χ0n) is 16.1. The molecule has 30 heavy (non-hydrogen) atoms. The van der Waals surface area contributed by atoms with E-state index in [0.29, 0.717) is 11.6 Å². The number of rotatable bonds is 3. The molecule has 0 bridgehead atoms. The maximum atomic E-state index is 5.54. The number of hydrogen-bond acceptors (Lipinski definition) is 6. The number of methoxy groups -OCH3 is 1. The molecule has 2 aromatic carbocycles. The minimum atomic E-state index is 0.228. The Morgan fingerprint density at radius 3 is 2.57 bits per heavy atom. The van der Waals surface area contributed by atoms with Crippen molar-refractivity contribution in [2.75, 3.05) is 13.9 Å². The summed E-state index contributed by atoms with van der Waals surface area (Å²) in [5, 5.41) is 10.0. The van der Waals surface area contributed by atoms with Gasteiger partial charge in [-0.1, -0.05) is 12.1 Å². The summed E-state index contributed by atoms with van der Waals surface area (Å²) < 4.78 is 18.3. The second-order valence-electron chi connectivity index (χ2n) is 6.95. The standard InChI is InChI=1S/C23H16N4O3/c1-28-17-7-4-14(5-8-17)18-11-15-3-2-10-24-21(15)27-22(25-26-23(18)27)16-6-9-19-20(12-16)30-13-29-19/h2-12H,13H2,1H3. The first-order valence-electron chi connectivity index (χ1n) is 9.49. The Morgan fingerprint density at radius 2 is 1.70 bits per heavy atom. The van der Waals surface area contributed by atoms with E-state index in [2.05, 4.69) is 21.2 Å². The molecule has 0 radical (unpaired) electrons. The Hall–Kier alpha value is -4.13. The van der Waals surface area contributed by atoms with Crippen LogP contribution >= 0.6 is 0 Å². The van der Waals surface area contributed by atoms with Gasteiger partial charge in [0.2, 0.25) is 6.79 Å². The minimum Gasteiger partial charge on any atom is -0.497 e. The van der Waals surface area contributed by atoms with Crippen molar-refractivity contribution in [3.8, 4) is 39.8 Å². The molecule has 4 heterocycles. The fraction of sp³-hybridized carbons (Fsp3) is 0.0870. The van der Waals surface area contributed by atoms with Crippen molar-refractivity contribution in [3.05, 3.63) is 66.9 Å². The second kappa shape index (κ2) is 6.45. The quantitative estimate of drug-likeness (QED) is 0.452. The summed E-state index contributed by atoms with van der Waals surface area (Å²) in [5.41, 5.74) is 4.40. The van der Waals surface area contributed by atoms with Crippen molar-refractivity contribution < 1.29 is 14.2 Å². The molecule has 0 saturated heterocycles. The first-order chi connectivity index (χ1) is 14.8. The van der Waals surface area contributed by atoms with Crippen LogP contribution < -0.4 is 14.2 Å². The Kier molecular flexibility index (Phi) is 3.61. The summed E-state index contributed by atoms with van der Waals surface area (Å²) >= 11 is 0. The topological polar surface area (TPSA) is 70.8 Å². The van der Waals surface area contributed by atoms with Gasteiger partial charge in [0, 0.05) is 22.7 Å². The van der Waals surface area contributed by atoms with E-state index in [-0.39, 0.29) is 6.79 Å². The predicted molar refractivity (Wildman–Crippen MR) is 112 cm³/mol. The molecule has 0 amide bonds. The second-order valence-corrected chi connectivity index (χ2v) is 6.95. The van der Waals surface area contributed by atoms with Crippen LogP contribution in [0.4, 0.5) is 0 Å². The first-order valence-corrected chi connectivity index (χ1v) is 9.49. The minimum absolute atomic E-state index is 0.228. The van der Waals surface area contributed by atoms with Gasteiger partial charge in [-0.25, -0.2) is 4.98 Å². The van der Waals surface area contributed by atoms with Gasteiger partial charge in [-0.3, -0.25) is 4.40 Å². The normalized spacial score (nSPS) is 12.6. The molecular formula is C23H16N4O3. The third kappa shape index (κ3) is 2.49. The predicted octanol–water partition coefficient (Wildman–Crippen LogP) is 4.35. The lowest BCUT2D eigenvalue weighted by Crippen LogP contribution is -1.97. The van der Waals surface area contributed by atoms with Gasteiger partial charge in [-0.05, 0) is 54.1 Å². The van der Waals surface area contributed by atoms with Crippen LogP contribution in [0.5, 0.6) is 17.2 Å². The molecule has 146 valence electrons.